The molecule has 0 bridgehead atoms. The Morgan fingerprint density at radius 1 is 0.667 bits per heavy atom. The summed E-state index contributed by atoms with van der Waals surface area (Å²) in [6.07, 6.45) is 10.2. The van der Waals surface area contributed by atoms with Gasteiger partial charge in [0, 0.05) is 5.75 Å². The van der Waals surface area contributed by atoms with Crippen LogP contribution in [0.5, 0.6) is 40.5 Å². The molecular weight excluding hydrogens is 664 g/mol. The molecular formula is C32H41BrN4O7S. The van der Waals surface area contributed by atoms with E-state index in [1.54, 1.807) is 42.7 Å². The smallest absolute Gasteiger partial charge is 0.317 e. The van der Waals surface area contributed by atoms with Crippen LogP contribution in [0, 0.1) is 5.41 Å². The lowest BCUT2D eigenvalue weighted by atomic mass is 10.1. The van der Waals surface area contributed by atoms with E-state index in [1.807, 2.05) is 54.6 Å². The Balaban J connectivity index is 0.00000705. The fraction of sp³-hybridized carbons (Fsp3) is 0.344. The number of methoxy groups -OCH3 is 6. The maximum atomic E-state index is 7.31. The first-order chi connectivity index (χ1) is 21.3. The Morgan fingerprint density at radius 3 is 1.49 bits per heavy atom. The van der Waals surface area contributed by atoms with Gasteiger partial charge in [-0.05, 0) is 72.9 Å². The first kappa shape index (κ1) is 37.1. The van der Waals surface area contributed by atoms with Crippen molar-refractivity contribution in [3.8, 4) is 40.5 Å². The zero-order chi connectivity index (χ0) is 31.9. The second-order valence-corrected chi connectivity index (χ2v) is 10.3. The van der Waals surface area contributed by atoms with Crippen molar-refractivity contribution in [1.82, 2.24) is 9.97 Å². The van der Waals surface area contributed by atoms with Crippen molar-refractivity contribution in [2.24, 2.45) is 5.73 Å². The second-order valence-electron chi connectivity index (χ2n) is 9.21. The van der Waals surface area contributed by atoms with Gasteiger partial charge < -0.3 is 38.9 Å². The molecule has 3 N–H and O–H groups in total. The summed E-state index contributed by atoms with van der Waals surface area (Å²) in [7, 11) is 9.44. The summed E-state index contributed by atoms with van der Waals surface area (Å²) in [6, 6.07) is 9.53. The summed E-state index contributed by atoms with van der Waals surface area (Å²) in [5.41, 5.74) is 8.36. The summed E-state index contributed by atoms with van der Waals surface area (Å²) >= 11 is 1.34. The molecule has 0 unspecified atom stereocenters. The summed E-state index contributed by atoms with van der Waals surface area (Å²) < 4.78 is 38.8. The average molecular weight is 706 g/mol. The van der Waals surface area contributed by atoms with Crippen LogP contribution >= 0.6 is 28.7 Å². The molecule has 0 aliphatic carbocycles. The Kier molecular flexibility index (Phi) is 15.9. The van der Waals surface area contributed by atoms with E-state index >= 15 is 0 Å². The molecule has 0 spiro atoms. The summed E-state index contributed by atoms with van der Waals surface area (Å²) in [5, 5.41) is 7.45. The van der Waals surface area contributed by atoms with Gasteiger partial charge in [-0.3, -0.25) is 5.41 Å². The first-order valence-corrected chi connectivity index (χ1v) is 14.8. The number of amidine groups is 1. The largest absolute Gasteiger partial charge is 0.493 e. The number of hydrogen-bond donors (Lipinski definition) is 2. The molecule has 45 heavy (non-hydrogen) atoms. The van der Waals surface area contributed by atoms with Crippen LogP contribution in [0.4, 0.5) is 0 Å². The van der Waals surface area contributed by atoms with Gasteiger partial charge in [0.25, 0.3) is 0 Å². The highest BCUT2D eigenvalue weighted by Crippen LogP contribution is 2.39. The standard InChI is InChI=1S/C32H40N4O7S.BrH/c1-37-25-16-21(17-26(38-2)29(25)41-5)10-12-23-20-24(36-32(35-23)43-14-8-7-9-15-44-31(33)34)13-11-22-18-27(39-3)30(42-6)28(19-22)40-4;/h10-13,16-20H,7-9,14-15H2,1-6H3,(H3,33,34);1H/b12-10+,13-11+;. The quantitative estimate of drug-likeness (QED) is 0.0890. The van der Waals surface area contributed by atoms with Gasteiger partial charge in [-0.2, -0.15) is 9.97 Å². The first-order valence-electron chi connectivity index (χ1n) is 13.8. The third kappa shape index (κ3) is 11.1. The molecule has 3 rings (SSSR count). The van der Waals surface area contributed by atoms with Crippen molar-refractivity contribution in [2.45, 2.75) is 19.3 Å². The molecule has 0 amide bonds. The number of hydrogen-bond acceptors (Lipinski definition) is 11. The zero-order valence-electron chi connectivity index (χ0n) is 26.4. The fourth-order valence-electron chi connectivity index (χ4n) is 4.18. The van der Waals surface area contributed by atoms with Crippen LogP contribution in [0.3, 0.4) is 0 Å². The third-order valence-corrected chi connectivity index (χ3v) is 7.09. The number of thioether (sulfide) groups is 1. The predicted molar refractivity (Wildman–Crippen MR) is 186 cm³/mol. The highest BCUT2D eigenvalue weighted by molar-refractivity contribution is 8.93. The predicted octanol–water partition coefficient (Wildman–Crippen LogP) is 6.62. The van der Waals surface area contributed by atoms with Gasteiger partial charge in [0.2, 0.25) is 11.5 Å². The zero-order valence-corrected chi connectivity index (χ0v) is 28.9. The minimum atomic E-state index is 0. The fourth-order valence-corrected chi connectivity index (χ4v) is 4.75. The van der Waals surface area contributed by atoms with Crippen LogP contribution < -0.4 is 38.9 Å². The average Bonchev–Trinajstić information content (AvgIpc) is 3.04. The minimum Gasteiger partial charge on any atom is -0.493 e. The third-order valence-electron chi connectivity index (χ3n) is 6.29. The summed E-state index contributed by atoms with van der Waals surface area (Å²) in [6.45, 7) is 0.459. The normalized spacial score (nSPS) is 10.8. The molecule has 11 nitrogen and oxygen atoms in total. The number of halogens is 1. The molecule has 0 aliphatic heterocycles. The molecule has 2 aromatic carbocycles. The molecule has 0 saturated carbocycles. The van der Waals surface area contributed by atoms with Crippen LogP contribution in [-0.2, 0) is 0 Å². The maximum Gasteiger partial charge on any atom is 0.317 e. The minimum absolute atomic E-state index is 0. The molecule has 0 radical (unpaired) electrons. The van der Waals surface area contributed by atoms with Crippen LogP contribution in [0.25, 0.3) is 24.3 Å². The van der Waals surface area contributed by atoms with E-state index in [0.717, 1.165) is 36.1 Å². The second kappa shape index (κ2) is 19.3. The van der Waals surface area contributed by atoms with Crippen LogP contribution in [0.1, 0.15) is 41.8 Å². The van der Waals surface area contributed by atoms with Crippen LogP contribution in [0.15, 0.2) is 30.3 Å². The number of benzene rings is 2. The number of nitrogens with two attached hydrogens (primary N) is 1. The molecule has 0 saturated heterocycles. The van der Waals surface area contributed by atoms with E-state index in [4.69, 9.17) is 44.3 Å². The molecule has 13 heteroatoms. The number of rotatable bonds is 17. The lowest BCUT2D eigenvalue weighted by Crippen LogP contribution is -2.05. The van der Waals surface area contributed by atoms with Crippen LogP contribution in [0.2, 0.25) is 0 Å². The maximum absolute atomic E-state index is 7.31. The monoisotopic (exact) mass is 704 g/mol. The van der Waals surface area contributed by atoms with Crippen molar-refractivity contribution < 1.29 is 33.2 Å². The van der Waals surface area contributed by atoms with Gasteiger partial charge in [0.15, 0.2) is 28.2 Å². The summed E-state index contributed by atoms with van der Waals surface area (Å²) in [5.74, 6) is 4.04. The molecule has 1 heterocycles. The van der Waals surface area contributed by atoms with Crippen molar-refractivity contribution in [1.29, 1.82) is 5.41 Å². The van der Waals surface area contributed by atoms with Gasteiger partial charge in [-0.15, -0.1) is 17.0 Å². The molecule has 3 aromatic rings. The number of ether oxygens (including phenoxy) is 7. The van der Waals surface area contributed by atoms with E-state index in [9.17, 15) is 0 Å². The van der Waals surface area contributed by atoms with E-state index < -0.39 is 0 Å². The van der Waals surface area contributed by atoms with Crippen molar-refractivity contribution in [3.63, 3.8) is 0 Å². The van der Waals surface area contributed by atoms with Crippen molar-refractivity contribution in [3.05, 3.63) is 52.8 Å². The highest BCUT2D eigenvalue weighted by Gasteiger charge is 2.13. The van der Waals surface area contributed by atoms with E-state index in [1.165, 1.54) is 11.8 Å². The van der Waals surface area contributed by atoms with E-state index in [-0.39, 0.29) is 28.2 Å². The molecule has 1 aromatic heterocycles. The Morgan fingerprint density at radius 2 is 1.11 bits per heavy atom. The van der Waals surface area contributed by atoms with Gasteiger partial charge in [0.1, 0.15) is 0 Å². The molecule has 244 valence electrons. The van der Waals surface area contributed by atoms with Crippen molar-refractivity contribution >= 4 is 58.2 Å². The van der Waals surface area contributed by atoms with Crippen molar-refractivity contribution in [2.75, 3.05) is 55.0 Å². The SMILES string of the molecule is Br.COc1cc(/C=C/c2cc(/C=C/c3cc(OC)c(OC)c(OC)c3)nc(OCCCCCSC(=N)N)n2)cc(OC)c1OC. The molecule has 0 fully saturated rings. The van der Waals surface area contributed by atoms with Crippen LogP contribution in [-0.4, -0.2) is 70.2 Å². The molecule has 0 atom stereocenters. The number of unbranched alkanes of at least 4 members (excludes halogenated alkanes) is 2. The highest BCUT2D eigenvalue weighted by atomic mass is 79.9. The molecule has 0 aliphatic rings. The van der Waals surface area contributed by atoms with E-state index in [0.29, 0.717) is 52.5 Å². The van der Waals surface area contributed by atoms with Gasteiger partial charge in [0.05, 0.1) is 60.7 Å². The lowest BCUT2D eigenvalue weighted by Gasteiger charge is -2.13. The van der Waals surface area contributed by atoms with Gasteiger partial charge in [-0.1, -0.05) is 23.9 Å². The summed E-state index contributed by atoms with van der Waals surface area (Å²) in [4.78, 5) is 9.22. The number of nitrogens with zero attached hydrogens (tertiary/aromatic N) is 2. The Bertz CT molecular complexity index is 1330. The topological polar surface area (TPSA) is 140 Å². The Hall–Kier alpha value is -4.10. The number of aromatic nitrogens is 2. The van der Waals surface area contributed by atoms with Gasteiger partial charge >= 0.3 is 6.01 Å². The number of nitrogens with one attached hydrogen (secondary N) is 1. The lowest BCUT2D eigenvalue weighted by molar-refractivity contribution is 0.282. The van der Waals surface area contributed by atoms with E-state index in [2.05, 4.69) is 9.97 Å². The Labute approximate surface area is 279 Å². The van der Waals surface area contributed by atoms with Gasteiger partial charge in [-0.25, -0.2) is 0 Å².